The van der Waals surface area contributed by atoms with Crippen molar-refractivity contribution < 1.29 is 19.5 Å². The molecular weight excluding hydrogens is 376 g/mol. The topological polar surface area (TPSA) is 86.7 Å². The molecule has 2 aliphatic heterocycles. The van der Waals surface area contributed by atoms with Crippen LogP contribution in [0.15, 0.2) is 54.6 Å². The molecule has 1 fully saturated rings. The lowest BCUT2D eigenvalue weighted by Crippen LogP contribution is -2.53. The molecule has 28 heavy (non-hydrogen) atoms. The number of aliphatic carboxylic acids is 1. The van der Waals surface area contributed by atoms with E-state index in [2.05, 4.69) is 5.32 Å². The standard InChI is InChI=1S/C21H20N2O4S/c1-21(2)16(17(24)22-15(20(26)27)12-8-4-3-5-9-12)23-18(25)13-10-6-7-11-14(13)19(23)28-21/h3-11,15-16,19H,1-2H3,(H,22,24)(H,26,27)/t15-,16+,19?/m0/s1. The number of carboxylic acid groups (broad SMARTS) is 1. The Bertz CT molecular complexity index is 960. The normalized spacial score (nSPS) is 23.1. The number of benzene rings is 2. The molecular formula is C21H20N2O4S. The number of nitrogens with zero attached hydrogens (tertiary/aromatic N) is 1. The molecule has 4 rings (SSSR count). The number of thioether (sulfide) groups is 1. The molecule has 0 aromatic heterocycles. The Morgan fingerprint density at radius 2 is 1.75 bits per heavy atom. The van der Waals surface area contributed by atoms with Gasteiger partial charge in [0.15, 0.2) is 6.04 Å². The summed E-state index contributed by atoms with van der Waals surface area (Å²) in [6, 6.07) is 14.0. The van der Waals surface area contributed by atoms with Crippen LogP contribution in [0.25, 0.3) is 0 Å². The average molecular weight is 396 g/mol. The van der Waals surface area contributed by atoms with Gasteiger partial charge in [-0.2, -0.15) is 0 Å². The molecule has 2 amide bonds. The summed E-state index contributed by atoms with van der Waals surface area (Å²) in [6.07, 6.45) is 0. The Morgan fingerprint density at radius 1 is 1.11 bits per heavy atom. The van der Waals surface area contributed by atoms with Crippen LogP contribution < -0.4 is 5.32 Å². The number of rotatable bonds is 4. The minimum Gasteiger partial charge on any atom is -0.479 e. The van der Waals surface area contributed by atoms with Crippen molar-refractivity contribution in [1.82, 2.24) is 10.2 Å². The van der Waals surface area contributed by atoms with E-state index in [1.54, 1.807) is 59.1 Å². The molecule has 2 aliphatic rings. The zero-order chi connectivity index (χ0) is 20.1. The fourth-order valence-electron chi connectivity index (χ4n) is 3.96. The van der Waals surface area contributed by atoms with Gasteiger partial charge in [-0.1, -0.05) is 48.5 Å². The van der Waals surface area contributed by atoms with Crippen LogP contribution in [0.4, 0.5) is 0 Å². The van der Waals surface area contributed by atoms with Crippen LogP contribution >= 0.6 is 11.8 Å². The Balaban J connectivity index is 1.65. The second kappa shape index (κ2) is 6.67. The quantitative estimate of drug-likeness (QED) is 0.830. The highest BCUT2D eigenvalue weighted by molar-refractivity contribution is 8.01. The molecule has 2 aromatic carbocycles. The van der Waals surface area contributed by atoms with Gasteiger partial charge in [0, 0.05) is 10.3 Å². The van der Waals surface area contributed by atoms with Crippen molar-refractivity contribution in [3.05, 3.63) is 71.3 Å². The van der Waals surface area contributed by atoms with Gasteiger partial charge in [0.1, 0.15) is 11.4 Å². The predicted octanol–water partition coefficient (Wildman–Crippen LogP) is 2.98. The van der Waals surface area contributed by atoms with E-state index in [1.807, 2.05) is 26.0 Å². The van der Waals surface area contributed by atoms with Gasteiger partial charge >= 0.3 is 5.97 Å². The van der Waals surface area contributed by atoms with Crippen LogP contribution in [-0.2, 0) is 9.59 Å². The Kier molecular flexibility index (Phi) is 4.42. The minimum absolute atomic E-state index is 0.189. The van der Waals surface area contributed by atoms with Crippen molar-refractivity contribution >= 4 is 29.5 Å². The van der Waals surface area contributed by atoms with Gasteiger partial charge in [-0.05, 0) is 31.0 Å². The molecule has 144 valence electrons. The van der Waals surface area contributed by atoms with Gasteiger partial charge in [-0.3, -0.25) is 9.59 Å². The molecule has 2 heterocycles. The number of fused-ring (bicyclic) bond motifs is 3. The first-order valence-corrected chi connectivity index (χ1v) is 9.87. The molecule has 0 bridgehead atoms. The molecule has 0 saturated carbocycles. The van der Waals surface area contributed by atoms with Crippen molar-refractivity contribution in [1.29, 1.82) is 0 Å². The maximum absolute atomic E-state index is 13.2. The molecule has 0 aliphatic carbocycles. The van der Waals surface area contributed by atoms with E-state index in [-0.39, 0.29) is 11.3 Å². The highest BCUT2D eigenvalue weighted by Crippen LogP contribution is 2.56. The highest BCUT2D eigenvalue weighted by atomic mass is 32.2. The van der Waals surface area contributed by atoms with Crippen molar-refractivity contribution in [2.24, 2.45) is 0 Å². The first-order chi connectivity index (χ1) is 13.3. The van der Waals surface area contributed by atoms with Crippen molar-refractivity contribution in [2.75, 3.05) is 0 Å². The summed E-state index contributed by atoms with van der Waals surface area (Å²) >= 11 is 1.55. The third kappa shape index (κ3) is 2.86. The maximum Gasteiger partial charge on any atom is 0.330 e. The molecule has 7 heteroatoms. The number of amides is 2. The molecule has 1 saturated heterocycles. The SMILES string of the molecule is CC1(C)SC2c3ccccc3C(=O)N2[C@@H]1C(=O)N[C@H](C(=O)O)c1ccccc1. The zero-order valence-electron chi connectivity index (χ0n) is 15.5. The molecule has 2 N–H and O–H groups in total. The Hall–Kier alpha value is -2.80. The summed E-state index contributed by atoms with van der Waals surface area (Å²) in [6.45, 7) is 3.82. The Labute approximate surface area is 166 Å². The van der Waals surface area contributed by atoms with Crippen LogP contribution in [0.2, 0.25) is 0 Å². The number of hydrogen-bond acceptors (Lipinski definition) is 4. The summed E-state index contributed by atoms with van der Waals surface area (Å²) in [5.74, 6) is -1.79. The second-order valence-electron chi connectivity index (χ2n) is 7.47. The third-order valence-corrected chi connectivity index (χ3v) is 6.75. The fourth-order valence-corrected chi connectivity index (χ4v) is 5.55. The lowest BCUT2D eigenvalue weighted by Gasteiger charge is -2.30. The largest absolute Gasteiger partial charge is 0.479 e. The first-order valence-electron chi connectivity index (χ1n) is 8.99. The van der Waals surface area contributed by atoms with Gasteiger partial charge in [0.2, 0.25) is 5.91 Å². The molecule has 0 radical (unpaired) electrons. The minimum atomic E-state index is -1.17. The number of carboxylic acids is 1. The predicted molar refractivity (Wildman–Crippen MR) is 106 cm³/mol. The number of nitrogens with one attached hydrogen (secondary N) is 1. The van der Waals surface area contributed by atoms with Crippen LogP contribution in [-0.4, -0.2) is 38.6 Å². The summed E-state index contributed by atoms with van der Waals surface area (Å²) in [5, 5.41) is 12.0. The Morgan fingerprint density at radius 3 is 2.43 bits per heavy atom. The highest BCUT2D eigenvalue weighted by Gasteiger charge is 2.57. The maximum atomic E-state index is 13.2. The van der Waals surface area contributed by atoms with Crippen molar-refractivity contribution in [3.8, 4) is 0 Å². The average Bonchev–Trinajstić information content (AvgIpc) is 3.10. The van der Waals surface area contributed by atoms with Gasteiger partial charge in [0.25, 0.3) is 5.91 Å². The van der Waals surface area contributed by atoms with E-state index < -0.39 is 28.7 Å². The van der Waals surface area contributed by atoms with E-state index in [9.17, 15) is 19.5 Å². The lowest BCUT2D eigenvalue weighted by molar-refractivity contribution is -0.142. The van der Waals surface area contributed by atoms with Crippen molar-refractivity contribution in [2.45, 2.75) is 36.1 Å². The van der Waals surface area contributed by atoms with E-state index in [4.69, 9.17) is 0 Å². The molecule has 1 unspecified atom stereocenters. The second-order valence-corrected chi connectivity index (χ2v) is 9.20. The van der Waals surface area contributed by atoms with Crippen LogP contribution in [0, 0.1) is 0 Å². The number of hydrogen-bond donors (Lipinski definition) is 2. The first kappa shape index (κ1) is 18.6. The fraction of sp³-hybridized carbons (Fsp3) is 0.286. The summed E-state index contributed by atoms with van der Waals surface area (Å²) in [5.41, 5.74) is 1.99. The van der Waals surface area contributed by atoms with Gasteiger partial charge in [0.05, 0.1) is 0 Å². The summed E-state index contributed by atoms with van der Waals surface area (Å²) in [7, 11) is 0. The van der Waals surface area contributed by atoms with E-state index in [1.165, 1.54) is 0 Å². The van der Waals surface area contributed by atoms with E-state index in [0.29, 0.717) is 11.1 Å². The summed E-state index contributed by atoms with van der Waals surface area (Å²) in [4.78, 5) is 39.6. The lowest BCUT2D eigenvalue weighted by atomic mass is 9.99. The monoisotopic (exact) mass is 396 g/mol. The van der Waals surface area contributed by atoms with Crippen LogP contribution in [0.1, 0.15) is 46.7 Å². The molecule has 6 nitrogen and oxygen atoms in total. The van der Waals surface area contributed by atoms with Crippen molar-refractivity contribution in [3.63, 3.8) is 0 Å². The molecule has 3 atom stereocenters. The summed E-state index contributed by atoms with van der Waals surface area (Å²) < 4.78 is -0.558. The molecule has 2 aromatic rings. The van der Waals surface area contributed by atoms with Gasteiger partial charge in [-0.25, -0.2) is 4.79 Å². The zero-order valence-corrected chi connectivity index (χ0v) is 16.3. The van der Waals surface area contributed by atoms with Crippen LogP contribution in [0.3, 0.4) is 0 Å². The molecule has 0 spiro atoms. The number of carbonyl (C=O) groups is 3. The van der Waals surface area contributed by atoms with Gasteiger partial charge < -0.3 is 15.3 Å². The van der Waals surface area contributed by atoms with E-state index in [0.717, 1.165) is 5.56 Å². The smallest absolute Gasteiger partial charge is 0.330 e. The third-order valence-electron chi connectivity index (χ3n) is 5.21. The van der Waals surface area contributed by atoms with Crippen LogP contribution in [0.5, 0.6) is 0 Å². The van der Waals surface area contributed by atoms with Gasteiger partial charge in [-0.15, -0.1) is 11.8 Å². The van der Waals surface area contributed by atoms with E-state index >= 15 is 0 Å². The number of carbonyl (C=O) groups excluding carboxylic acids is 2.